The zero-order chi connectivity index (χ0) is 13.7. The summed E-state index contributed by atoms with van der Waals surface area (Å²) >= 11 is 0. The van der Waals surface area contributed by atoms with Gasteiger partial charge >= 0.3 is 0 Å². The van der Waals surface area contributed by atoms with Crippen LogP contribution in [0.1, 0.15) is 37.0 Å². The zero-order valence-corrected chi connectivity index (χ0v) is 11.6. The van der Waals surface area contributed by atoms with Crippen molar-refractivity contribution in [2.75, 3.05) is 0 Å². The molecule has 0 aliphatic heterocycles. The second-order valence-electron chi connectivity index (χ2n) is 5.30. The first kappa shape index (κ1) is 13.5. The highest BCUT2D eigenvalue weighted by atomic mass is 16.1. The Kier molecular flexibility index (Phi) is 4.51. The molecule has 0 radical (unpaired) electrons. The van der Waals surface area contributed by atoms with E-state index in [9.17, 15) is 4.79 Å². The predicted octanol–water partition coefficient (Wildman–Crippen LogP) is 4.97. The highest BCUT2D eigenvalue weighted by Crippen LogP contribution is 2.20. The summed E-state index contributed by atoms with van der Waals surface area (Å²) in [4.78, 5) is 12.0. The Balaban J connectivity index is 2.08. The Morgan fingerprint density at radius 3 is 2.05 bits per heavy atom. The summed E-state index contributed by atoms with van der Waals surface area (Å²) in [6.07, 6.45) is 1.60. The first-order valence-electron chi connectivity index (χ1n) is 6.85. The molecule has 0 bridgehead atoms. The largest absolute Gasteiger partial charge is 0.294 e. The smallest absolute Gasteiger partial charge is 0.162 e. The van der Waals surface area contributed by atoms with Gasteiger partial charge in [0.05, 0.1) is 0 Å². The molecule has 0 saturated heterocycles. The first-order valence-corrected chi connectivity index (χ1v) is 6.85. The second kappa shape index (κ2) is 6.33. The minimum absolute atomic E-state index is 0.244. The van der Waals surface area contributed by atoms with E-state index in [-0.39, 0.29) is 5.78 Å². The Labute approximate surface area is 115 Å². The quantitative estimate of drug-likeness (QED) is 0.686. The molecular formula is C18H20O. The summed E-state index contributed by atoms with van der Waals surface area (Å²) in [5.41, 5.74) is 3.16. The van der Waals surface area contributed by atoms with Crippen LogP contribution in [-0.2, 0) is 0 Å². The van der Waals surface area contributed by atoms with Gasteiger partial charge in [0.25, 0.3) is 0 Å². The van der Waals surface area contributed by atoms with E-state index < -0.39 is 0 Å². The average molecular weight is 252 g/mol. The third kappa shape index (κ3) is 3.78. The molecular weight excluding hydrogens is 232 g/mol. The van der Waals surface area contributed by atoms with Crippen LogP contribution in [0.15, 0.2) is 54.6 Å². The van der Waals surface area contributed by atoms with Gasteiger partial charge in [-0.25, -0.2) is 0 Å². The number of carbonyl (C=O) groups is 1. The number of hydrogen-bond acceptors (Lipinski definition) is 1. The SMILES string of the molecule is CC(C)CCC(=O)c1ccc(-c2ccccc2)cc1. The van der Waals surface area contributed by atoms with Gasteiger partial charge in [-0.05, 0) is 23.5 Å². The average Bonchev–Trinajstić information content (AvgIpc) is 2.46. The molecule has 2 aromatic rings. The van der Waals surface area contributed by atoms with E-state index >= 15 is 0 Å². The molecule has 0 heterocycles. The van der Waals surface area contributed by atoms with Gasteiger partial charge < -0.3 is 0 Å². The van der Waals surface area contributed by atoms with Gasteiger partial charge in [-0.3, -0.25) is 4.79 Å². The fourth-order valence-electron chi connectivity index (χ4n) is 2.04. The van der Waals surface area contributed by atoms with Crippen molar-refractivity contribution in [2.24, 2.45) is 5.92 Å². The second-order valence-corrected chi connectivity index (χ2v) is 5.30. The van der Waals surface area contributed by atoms with Crippen molar-refractivity contribution in [3.63, 3.8) is 0 Å². The summed E-state index contributed by atoms with van der Waals surface area (Å²) in [5.74, 6) is 0.820. The highest BCUT2D eigenvalue weighted by molar-refractivity contribution is 5.96. The first-order chi connectivity index (χ1) is 9.16. The summed E-state index contributed by atoms with van der Waals surface area (Å²) in [7, 11) is 0. The molecule has 0 atom stereocenters. The van der Waals surface area contributed by atoms with E-state index in [1.54, 1.807) is 0 Å². The molecule has 0 amide bonds. The maximum Gasteiger partial charge on any atom is 0.162 e. The Morgan fingerprint density at radius 1 is 0.895 bits per heavy atom. The van der Waals surface area contributed by atoms with Crippen LogP contribution in [0, 0.1) is 5.92 Å². The Hall–Kier alpha value is -1.89. The van der Waals surface area contributed by atoms with Gasteiger partial charge in [-0.15, -0.1) is 0 Å². The lowest BCUT2D eigenvalue weighted by atomic mass is 9.99. The third-order valence-corrected chi connectivity index (χ3v) is 3.26. The molecule has 1 heteroatoms. The van der Waals surface area contributed by atoms with Crippen molar-refractivity contribution in [3.8, 4) is 11.1 Å². The maximum atomic E-state index is 12.0. The minimum Gasteiger partial charge on any atom is -0.294 e. The van der Waals surface area contributed by atoms with Crippen LogP contribution in [0.5, 0.6) is 0 Å². The number of Topliss-reactive ketones (excluding diaryl/α,β-unsaturated/α-hetero) is 1. The number of carbonyl (C=O) groups excluding carboxylic acids is 1. The molecule has 0 fully saturated rings. The molecule has 19 heavy (non-hydrogen) atoms. The van der Waals surface area contributed by atoms with Crippen molar-refractivity contribution < 1.29 is 4.79 Å². The fourth-order valence-corrected chi connectivity index (χ4v) is 2.04. The summed E-state index contributed by atoms with van der Waals surface area (Å²) in [5, 5.41) is 0. The lowest BCUT2D eigenvalue weighted by molar-refractivity contribution is 0.0975. The van der Waals surface area contributed by atoms with E-state index in [0.717, 1.165) is 17.5 Å². The van der Waals surface area contributed by atoms with E-state index in [4.69, 9.17) is 0 Å². The normalized spacial score (nSPS) is 10.7. The van der Waals surface area contributed by atoms with Crippen molar-refractivity contribution in [3.05, 3.63) is 60.2 Å². The van der Waals surface area contributed by atoms with Gasteiger partial charge in [0.15, 0.2) is 5.78 Å². The molecule has 0 aromatic heterocycles. The lowest BCUT2D eigenvalue weighted by Crippen LogP contribution is -2.01. The van der Waals surface area contributed by atoms with Crippen molar-refractivity contribution in [2.45, 2.75) is 26.7 Å². The summed E-state index contributed by atoms with van der Waals surface area (Å²) in [6, 6.07) is 18.1. The number of ketones is 1. The summed E-state index contributed by atoms with van der Waals surface area (Å²) in [6.45, 7) is 4.29. The molecule has 0 aliphatic rings. The maximum absolute atomic E-state index is 12.0. The van der Waals surface area contributed by atoms with E-state index in [2.05, 4.69) is 26.0 Å². The zero-order valence-electron chi connectivity index (χ0n) is 11.6. The predicted molar refractivity (Wildman–Crippen MR) is 80.3 cm³/mol. The van der Waals surface area contributed by atoms with E-state index in [1.807, 2.05) is 42.5 Å². The van der Waals surface area contributed by atoms with E-state index in [1.165, 1.54) is 5.56 Å². The number of rotatable bonds is 5. The molecule has 0 spiro atoms. The molecule has 0 saturated carbocycles. The number of benzene rings is 2. The molecule has 2 rings (SSSR count). The monoisotopic (exact) mass is 252 g/mol. The Bertz CT molecular complexity index is 523. The van der Waals surface area contributed by atoms with Crippen molar-refractivity contribution in [1.82, 2.24) is 0 Å². The van der Waals surface area contributed by atoms with Gasteiger partial charge in [0.1, 0.15) is 0 Å². The molecule has 2 aromatic carbocycles. The van der Waals surface area contributed by atoms with E-state index in [0.29, 0.717) is 12.3 Å². The standard InChI is InChI=1S/C18H20O/c1-14(2)8-13-18(19)17-11-9-16(10-12-17)15-6-4-3-5-7-15/h3-7,9-12,14H,8,13H2,1-2H3. The van der Waals surface area contributed by atoms with Crippen LogP contribution in [0.3, 0.4) is 0 Å². The molecule has 0 N–H and O–H groups in total. The topological polar surface area (TPSA) is 17.1 Å². The third-order valence-electron chi connectivity index (χ3n) is 3.26. The van der Waals surface area contributed by atoms with Gasteiger partial charge in [0.2, 0.25) is 0 Å². The van der Waals surface area contributed by atoms with Crippen molar-refractivity contribution in [1.29, 1.82) is 0 Å². The summed E-state index contributed by atoms with van der Waals surface area (Å²) < 4.78 is 0. The van der Waals surface area contributed by atoms with Crippen molar-refractivity contribution >= 4 is 5.78 Å². The van der Waals surface area contributed by atoms with Gasteiger partial charge in [0, 0.05) is 12.0 Å². The molecule has 0 aliphatic carbocycles. The van der Waals surface area contributed by atoms with Gasteiger partial charge in [-0.2, -0.15) is 0 Å². The molecule has 1 nitrogen and oxygen atoms in total. The molecule has 0 unspecified atom stereocenters. The van der Waals surface area contributed by atoms with Gasteiger partial charge in [-0.1, -0.05) is 68.4 Å². The van der Waals surface area contributed by atoms with Crippen LogP contribution in [0.25, 0.3) is 11.1 Å². The lowest BCUT2D eigenvalue weighted by Gasteiger charge is -2.05. The Morgan fingerprint density at radius 2 is 1.47 bits per heavy atom. The van der Waals surface area contributed by atoms with Crippen LogP contribution in [0.2, 0.25) is 0 Å². The van der Waals surface area contributed by atoms with Crippen LogP contribution < -0.4 is 0 Å². The fraction of sp³-hybridized carbons (Fsp3) is 0.278. The highest BCUT2D eigenvalue weighted by Gasteiger charge is 2.07. The number of hydrogen-bond donors (Lipinski definition) is 0. The van der Waals surface area contributed by atoms with Crippen LogP contribution >= 0.6 is 0 Å². The van der Waals surface area contributed by atoms with Crippen LogP contribution in [-0.4, -0.2) is 5.78 Å². The van der Waals surface area contributed by atoms with Crippen LogP contribution in [0.4, 0.5) is 0 Å². The molecule has 98 valence electrons. The minimum atomic E-state index is 0.244.